The highest BCUT2D eigenvalue weighted by atomic mass is 19.3. The molecule has 2 rings (SSSR count). The molecule has 2 aromatic rings. The van der Waals surface area contributed by atoms with Crippen molar-refractivity contribution in [2.24, 2.45) is 0 Å². The Morgan fingerprint density at radius 3 is 1.91 bits per heavy atom. The van der Waals surface area contributed by atoms with Crippen molar-refractivity contribution in [1.29, 1.82) is 0 Å². The summed E-state index contributed by atoms with van der Waals surface area (Å²) in [6.07, 6.45) is -2.64. The molecule has 0 heterocycles. The summed E-state index contributed by atoms with van der Waals surface area (Å²) in [6, 6.07) is 10.3. The van der Waals surface area contributed by atoms with E-state index in [1.165, 1.54) is 24.3 Å². The molecule has 2 atom stereocenters. The average Bonchev–Trinajstić information content (AvgIpc) is 2.82. The van der Waals surface area contributed by atoms with E-state index in [4.69, 9.17) is 5.21 Å². The molecule has 0 aliphatic heterocycles. The number of hydrogen-bond donors (Lipinski definition) is 4. The molecule has 0 bridgehead atoms. The summed E-state index contributed by atoms with van der Waals surface area (Å²) in [6.45, 7) is 6.66. The van der Waals surface area contributed by atoms with E-state index in [2.05, 4.69) is 25.0 Å². The lowest BCUT2D eigenvalue weighted by molar-refractivity contribution is -0.149. The number of nitrogens with one attached hydrogen (secondary N) is 2. The number of carbonyl (C=O) groups is 3. The quantitative estimate of drug-likeness (QED) is 0.179. The highest BCUT2D eigenvalue weighted by Gasteiger charge is 2.46. The Labute approximate surface area is 183 Å². The third-order valence-corrected chi connectivity index (χ3v) is 4.22. The van der Waals surface area contributed by atoms with Crippen molar-refractivity contribution in [2.75, 3.05) is 0 Å². The number of benzene rings is 2. The molecular formula is C23H22F2N2O5. The molecule has 0 aromatic heterocycles. The second kappa shape index (κ2) is 12.1. The molecule has 0 spiro atoms. The minimum Gasteiger partial charge on any atom is -0.381 e. The number of amides is 2. The van der Waals surface area contributed by atoms with Crippen molar-refractivity contribution in [3.8, 4) is 11.8 Å². The van der Waals surface area contributed by atoms with Crippen LogP contribution in [0.25, 0.3) is 0 Å². The van der Waals surface area contributed by atoms with Crippen LogP contribution in [0.5, 0.6) is 0 Å². The second-order valence-electron chi connectivity index (χ2n) is 6.48. The first kappa shape index (κ1) is 26.2. The molecule has 0 aliphatic rings. The van der Waals surface area contributed by atoms with E-state index >= 15 is 0 Å². The van der Waals surface area contributed by atoms with Gasteiger partial charge in [0.2, 0.25) is 0 Å². The van der Waals surface area contributed by atoms with Crippen molar-refractivity contribution in [3.05, 3.63) is 83.9 Å². The lowest BCUT2D eigenvalue weighted by atomic mass is 9.95. The van der Waals surface area contributed by atoms with Crippen LogP contribution in [0.2, 0.25) is 0 Å². The first-order valence-electron chi connectivity index (χ1n) is 9.11. The number of aldehydes is 1. The fourth-order valence-electron chi connectivity index (χ4n) is 2.38. The van der Waals surface area contributed by atoms with Crippen LogP contribution >= 0.6 is 0 Å². The predicted octanol–water partition coefficient (Wildman–Crippen LogP) is 2.32. The number of alkyl halides is 2. The molecule has 0 saturated heterocycles. The number of aliphatic hydroxyl groups is 1. The van der Waals surface area contributed by atoms with E-state index in [1.54, 1.807) is 24.3 Å². The van der Waals surface area contributed by atoms with Gasteiger partial charge >= 0.3 is 0 Å². The predicted molar refractivity (Wildman–Crippen MR) is 113 cm³/mol. The maximum Gasteiger partial charge on any atom is 0.269 e. The SMILES string of the molecule is C=C.CC(O)(C(F)F)C(NC(=O)c1ccc(C#Cc2ccc(C=O)cc2)cc1)C(=O)NO. The Morgan fingerprint density at radius 1 is 1.03 bits per heavy atom. The van der Waals surface area contributed by atoms with Gasteiger partial charge in [0.1, 0.15) is 12.3 Å². The van der Waals surface area contributed by atoms with E-state index in [0.29, 0.717) is 23.6 Å². The Morgan fingerprint density at radius 2 is 1.50 bits per heavy atom. The zero-order valence-electron chi connectivity index (χ0n) is 17.1. The van der Waals surface area contributed by atoms with Gasteiger partial charge in [-0.05, 0) is 43.3 Å². The lowest BCUT2D eigenvalue weighted by Gasteiger charge is -2.30. The lowest BCUT2D eigenvalue weighted by Crippen LogP contribution is -2.61. The molecule has 0 saturated carbocycles. The zero-order chi connectivity index (χ0) is 24.3. The highest BCUT2D eigenvalue weighted by Crippen LogP contribution is 2.20. The molecule has 2 aromatic carbocycles. The average molecular weight is 444 g/mol. The van der Waals surface area contributed by atoms with Gasteiger partial charge in [-0.1, -0.05) is 24.0 Å². The van der Waals surface area contributed by atoms with Crippen LogP contribution in [0.1, 0.15) is 38.8 Å². The van der Waals surface area contributed by atoms with Gasteiger partial charge in [0.25, 0.3) is 18.2 Å². The van der Waals surface area contributed by atoms with E-state index in [1.807, 2.05) is 5.32 Å². The second-order valence-corrected chi connectivity index (χ2v) is 6.48. The van der Waals surface area contributed by atoms with E-state index in [-0.39, 0.29) is 5.56 Å². The summed E-state index contributed by atoms with van der Waals surface area (Å²) in [4.78, 5) is 34.6. The van der Waals surface area contributed by atoms with Crippen LogP contribution < -0.4 is 10.8 Å². The molecule has 4 N–H and O–H groups in total. The van der Waals surface area contributed by atoms with Crippen molar-refractivity contribution in [3.63, 3.8) is 0 Å². The molecule has 32 heavy (non-hydrogen) atoms. The Hall–Kier alpha value is -3.87. The molecule has 7 nitrogen and oxygen atoms in total. The van der Waals surface area contributed by atoms with Gasteiger partial charge in [0.15, 0.2) is 5.60 Å². The van der Waals surface area contributed by atoms with Crippen LogP contribution in [0.4, 0.5) is 8.78 Å². The highest BCUT2D eigenvalue weighted by molar-refractivity contribution is 5.97. The van der Waals surface area contributed by atoms with Gasteiger partial charge in [0, 0.05) is 22.3 Å². The number of carbonyl (C=O) groups excluding carboxylic acids is 3. The summed E-state index contributed by atoms with van der Waals surface area (Å²) in [7, 11) is 0. The fourth-order valence-corrected chi connectivity index (χ4v) is 2.38. The maximum atomic E-state index is 13.0. The zero-order valence-corrected chi connectivity index (χ0v) is 17.1. The first-order valence-corrected chi connectivity index (χ1v) is 9.11. The largest absolute Gasteiger partial charge is 0.381 e. The molecule has 2 amide bonds. The van der Waals surface area contributed by atoms with E-state index in [9.17, 15) is 28.3 Å². The van der Waals surface area contributed by atoms with Crippen LogP contribution in [-0.4, -0.2) is 46.5 Å². The maximum absolute atomic E-state index is 13.0. The van der Waals surface area contributed by atoms with E-state index in [0.717, 1.165) is 11.8 Å². The Kier molecular flexibility index (Phi) is 9.89. The van der Waals surface area contributed by atoms with Crippen LogP contribution in [0, 0.1) is 11.8 Å². The van der Waals surface area contributed by atoms with Crippen LogP contribution in [0.15, 0.2) is 61.7 Å². The smallest absolute Gasteiger partial charge is 0.269 e. The molecular weight excluding hydrogens is 422 g/mol. The molecule has 168 valence electrons. The van der Waals surface area contributed by atoms with E-state index < -0.39 is 29.9 Å². The molecule has 0 radical (unpaired) electrons. The van der Waals surface area contributed by atoms with Crippen LogP contribution in [0.3, 0.4) is 0 Å². The van der Waals surface area contributed by atoms with Gasteiger partial charge in [-0.3, -0.25) is 19.6 Å². The minimum absolute atomic E-state index is 0.0247. The molecule has 0 aliphatic carbocycles. The third-order valence-electron chi connectivity index (χ3n) is 4.22. The standard InChI is InChI=1S/C21H18F2N2O5.C2H4/c1-21(29,20(22)23)17(19(28)25-30)24-18(27)16-10-8-14(9-11-16)3-2-13-4-6-15(12-26)7-5-13;1-2/h4-12,17,20,29-30H,1H3,(H,24,27)(H,25,28);1-2H2. The first-order chi connectivity index (χ1) is 15.2. The molecule has 2 unspecified atom stereocenters. The van der Waals surface area contributed by atoms with Crippen molar-refractivity contribution in [2.45, 2.75) is 25.0 Å². The monoisotopic (exact) mass is 444 g/mol. The summed E-state index contributed by atoms with van der Waals surface area (Å²) >= 11 is 0. The fraction of sp³-hybridized carbons (Fsp3) is 0.174. The summed E-state index contributed by atoms with van der Waals surface area (Å²) in [5.41, 5.74) is 0.0119. The molecule has 0 fully saturated rings. The Bertz CT molecular complexity index is 994. The number of rotatable bonds is 6. The summed E-state index contributed by atoms with van der Waals surface area (Å²) in [5.74, 6) is 3.45. The summed E-state index contributed by atoms with van der Waals surface area (Å²) < 4.78 is 26.1. The van der Waals surface area contributed by atoms with Gasteiger partial charge in [-0.15, -0.1) is 13.2 Å². The Balaban J connectivity index is 0.00000249. The van der Waals surface area contributed by atoms with Crippen LogP contribution in [-0.2, 0) is 4.79 Å². The van der Waals surface area contributed by atoms with Crippen molar-refractivity contribution < 1.29 is 33.5 Å². The third kappa shape index (κ3) is 6.84. The van der Waals surface area contributed by atoms with Crippen molar-refractivity contribution in [1.82, 2.24) is 10.8 Å². The topological polar surface area (TPSA) is 116 Å². The van der Waals surface area contributed by atoms with Gasteiger partial charge in [-0.2, -0.15) is 0 Å². The number of hydrogen-bond acceptors (Lipinski definition) is 5. The summed E-state index contributed by atoms with van der Waals surface area (Å²) in [5, 5.41) is 20.5. The number of hydroxylamine groups is 1. The number of halogens is 2. The molecule has 9 heteroatoms. The van der Waals surface area contributed by atoms with Crippen molar-refractivity contribution >= 4 is 18.1 Å². The normalized spacial score (nSPS) is 12.7. The minimum atomic E-state index is -3.36. The van der Waals surface area contributed by atoms with Gasteiger partial charge in [-0.25, -0.2) is 14.3 Å². The van der Waals surface area contributed by atoms with Gasteiger partial charge < -0.3 is 10.4 Å². The van der Waals surface area contributed by atoms with Gasteiger partial charge in [0.05, 0.1) is 0 Å².